The molecule has 1 N–H and O–H groups in total. The van der Waals surface area contributed by atoms with E-state index in [1.54, 1.807) is 48.4 Å². The van der Waals surface area contributed by atoms with Crippen LogP contribution in [0.1, 0.15) is 29.1 Å². The quantitative estimate of drug-likeness (QED) is 0.735. The molecule has 1 aromatic heterocycles. The molecule has 0 bridgehead atoms. The molecule has 2 amide bonds. The van der Waals surface area contributed by atoms with E-state index in [0.717, 1.165) is 5.69 Å². The topological polar surface area (TPSA) is 62.6 Å². The maximum Gasteiger partial charge on any atom is 0.255 e. The van der Waals surface area contributed by atoms with Crippen LogP contribution in [0.3, 0.4) is 0 Å². The lowest BCUT2D eigenvalue weighted by molar-refractivity contribution is -0.133. The van der Waals surface area contributed by atoms with Crippen LogP contribution in [0.4, 0.5) is 5.69 Å². The summed E-state index contributed by atoms with van der Waals surface area (Å²) in [6.45, 7) is 1.74. The minimum Gasteiger partial charge on any atom is -0.467 e. The van der Waals surface area contributed by atoms with E-state index in [1.807, 2.05) is 42.5 Å². The van der Waals surface area contributed by atoms with E-state index < -0.39 is 11.6 Å². The number of nitrogens with zero attached hydrogens (tertiary/aromatic N) is 1. The molecule has 0 saturated carbocycles. The zero-order chi connectivity index (χ0) is 18.1. The summed E-state index contributed by atoms with van der Waals surface area (Å²) in [6.07, 6.45) is 1.57. The molecule has 26 heavy (non-hydrogen) atoms. The molecule has 0 aliphatic carbocycles. The lowest BCUT2D eigenvalue weighted by Gasteiger charge is -2.53. The Morgan fingerprint density at radius 2 is 1.65 bits per heavy atom. The van der Waals surface area contributed by atoms with Crippen LogP contribution in [-0.4, -0.2) is 17.4 Å². The molecular weight excluding hydrogens is 328 g/mol. The molecule has 0 spiro atoms. The Hall–Kier alpha value is -3.34. The van der Waals surface area contributed by atoms with Crippen molar-refractivity contribution in [2.75, 3.05) is 4.90 Å². The molecule has 3 aromatic rings. The van der Waals surface area contributed by atoms with Crippen LogP contribution in [0.25, 0.3) is 0 Å². The number of amides is 2. The Morgan fingerprint density at radius 3 is 2.27 bits per heavy atom. The Kier molecular flexibility index (Phi) is 3.84. The number of hydrogen-bond donors (Lipinski definition) is 1. The maximum absolute atomic E-state index is 13.0. The van der Waals surface area contributed by atoms with Gasteiger partial charge in [0.1, 0.15) is 17.3 Å². The molecule has 1 aliphatic rings. The van der Waals surface area contributed by atoms with Crippen LogP contribution in [0.2, 0.25) is 0 Å². The van der Waals surface area contributed by atoms with Crippen molar-refractivity contribution >= 4 is 17.5 Å². The number of benzene rings is 2. The van der Waals surface area contributed by atoms with Crippen molar-refractivity contribution in [2.24, 2.45) is 0 Å². The van der Waals surface area contributed by atoms with Crippen LogP contribution < -0.4 is 10.2 Å². The second-order valence-corrected chi connectivity index (χ2v) is 6.45. The van der Waals surface area contributed by atoms with Crippen molar-refractivity contribution in [3.05, 3.63) is 90.4 Å². The number of hydrogen-bond acceptors (Lipinski definition) is 3. The highest BCUT2D eigenvalue weighted by Crippen LogP contribution is 2.46. The number of carbonyl (C=O) groups excluding carboxylic acids is 2. The van der Waals surface area contributed by atoms with Gasteiger partial charge in [0, 0.05) is 11.3 Å². The molecule has 2 aromatic carbocycles. The van der Waals surface area contributed by atoms with E-state index in [1.165, 1.54) is 0 Å². The Balaban J connectivity index is 1.68. The van der Waals surface area contributed by atoms with Gasteiger partial charge in [-0.05, 0) is 43.3 Å². The predicted octanol–water partition coefficient (Wildman–Crippen LogP) is 3.56. The average Bonchev–Trinajstić information content (AvgIpc) is 3.20. The smallest absolute Gasteiger partial charge is 0.255 e. The number of carbonyl (C=O) groups is 2. The minimum absolute atomic E-state index is 0.172. The van der Waals surface area contributed by atoms with Crippen molar-refractivity contribution in [1.29, 1.82) is 0 Å². The summed E-state index contributed by atoms with van der Waals surface area (Å²) in [7, 11) is 0. The van der Waals surface area contributed by atoms with Crippen LogP contribution in [0, 0.1) is 0 Å². The molecule has 5 nitrogen and oxygen atoms in total. The summed E-state index contributed by atoms with van der Waals surface area (Å²) < 4.78 is 5.58. The summed E-state index contributed by atoms with van der Waals surface area (Å²) in [5.74, 6) is 0.171. The summed E-state index contributed by atoms with van der Waals surface area (Å²) in [6, 6.07) is 21.4. The van der Waals surface area contributed by atoms with E-state index >= 15 is 0 Å². The molecule has 5 heteroatoms. The van der Waals surface area contributed by atoms with Crippen molar-refractivity contribution < 1.29 is 14.0 Å². The van der Waals surface area contributed by atoms with Gasteiger partial charge < -0.3 is 9.73 Å². The Labute approximate surface area is 151 Å². The van der Waals surface area contributed by atoms with Gasteiger partial charge in [-0.2, -0.15) is 0 Å². The molecule has 0 radical (unpaired) electrons. The van der Waals surface area contributed by atoms with Gasteiger partial charge in [-0.1, -0.05) is 36.4 Å². The van der Waals surface area contributed by atoms with Crippen LogP contribution in [0.15, 0.2) is 83.5 Å². The highest BCUT2D eigenvalue weighted by Gasteiger charge is 2.61. The zero-order valence-corrected chi connectivity index (χ0v) is 14.3. The first-order valence-corrected chi connectivity index (χ1v) is 8.41. The van der Waals surface area contributed by atoms with Gasteiger partial charge in [0.05, 0.1) is 6.26 Å². The second kappa shape index (κ2) is 6.19. The fourth-order valence-corrected chi connectivity index (χ4v) is 3.41. The molecule has 1 aliphatic heterocycles. The Morgan fingerprint density at radius 1 is 1.00 bits per heavy atom. The number of furan rings is 1. The first kappa shape index (κ1) is 16.1. The third-order valence-electron chi connectivity index (χ3n) is 4.72. The highest BCUT2D eigenvalue weighted by molar-refractivity contribution is 6.11. The van der Waals surface area contributed by atoms with E-state index in [4.69, 9.17) is 4.42 Å². The lowest BCUT2D eigenvalue weighted by Crippen LogP contribution is -2.74. The average molecular weight is 346 g/mol. The van der Waals surface area contributed by atoms with Gasteiger partial charge >= 0.3 is 0 Å². The first-order chi connectivity index (χ1) is 12.6. The number of rotatable bonds is 4. The molecule has 2 heterocycles. The number of anilines is 1. The van der Waals surface area contributed by atoms with Gasteiger partial charge in [0.25, 0.3) is 11.8 Å². The fourth-order valence-electron chi connectivity index (χ4n) is 3.41. The number of para-hydroxylation sites is 1. The first-order valence-electron chi connectivity index (χ1n) is 8.41. The number of β-lactam (4-membered cyclic amide) rings is 1. The van der Waals surface area contributed by atoms with Gasteiger partial charge in [-0.15, -0.1) is 0 Å². The van der Waals surface area contributed by atoms with Gasteiger partial charge in [0.2, 0.25) is 0 Å². The molecule has 0 unspecified atom stereocenters. The van der Waals surface area contributed by atoms with Crippen LogP contribution in [-0.2, 0) is 4.79 Å². The monoisotopic (exact) mass is 346 g/mol. The van der Waals surface area contributed by atoms with Gasteiger partial charge in [-0.3, -0.25) is 14.5 Å². The van der Waals surface area contributed by atoms with E-state index in [2.05, 4.69) is 5.32 Å². The third kappa shape index (κ3) is 2.49. The van der Waals surface area contributed by atoms with E-state index in [9.17, 15) is 9.59 Å². The van der Waals surface area contributed by atoms with Crippen molar-refractivity contribution in [1.82, 2.24) is 5.32 Å². The van der Waals surface area contributed by atoms with Gasteiger partial charge in [-0.25, -0.2) is 0 Å². The third-order valence-corrected chi connectivity index (χ3v) is 4.72. The summed E-state index contributed by atoms with van der Waals surface area (Å²) in [5.41, 5.74) is 0.198. The van der Waals surface area contributed by atoms with Crippen LogP contribution in [0.5, 0.6) is 0 Å². The molecule has 1 saturated heterocycles. The SMILES string of the molecule is C[C@]1(NC(=O)c2ccccc2)C(=O)N(c2ccccc2)[C@@H]1c1ccco1. The summed E-state index contributed by atoms with van der Waals surface area (Å²) in [4.78, 5) is 27.3. The predicted molar refractivity (Wildman–Crippen MR) is 97.7 cm³/mol. The standard InChI is InChI=1S/C21H18N2O3/c1-21(22-19(24)15-9-4-2-5-10-15)18(17-13-8-14-26-17)23(20(21)25)16-11-6-3-7-12-16/h2-14,18H,1H3,(H,22,24)/t18-,21-/m1/s1. The molecule has 2 atom stereocenters. The largest absolute Gasteiger partial charge is 0.467 e. The normalized spacial score (nSPS) is 22.0. The van der Waals surface area contributed by atoms with E-state index in [0.29, 0.717) is 11.3 Å². The number of nitrogens with one attached hydrogen (secondary N) is 1. The summed E-state index contributed by atoms with van der Waals surface area (Å²) in [5, 5.41) is 2.91. The minimum atomic E-state index is -1.08. The molecular formula is C21H18N2O3. The summed E-state index contributed by atoms with van der Waals surface area (Å²) >= 11 is 0. The second-order valence-electron chi connectivity index (χ2n) is 6.45. The molecule has 130 valence electrons. The Bertz CT molecular complexity index is 922. The maximum atomic E-state index is 13.0. The van der Waals surface area contributed by atoms with E-state index in [-0.39, 0.29) is 11.8 Å². The highest BCUT2D eigenvalue weighted by atomic mass is 16.3. The van der Waals surface area contributed by atoms with Crippen molar-refractivity contribution in [3.63, 3.8) is 0 Å². The zero-order valence-electron chi connectivity index (χ0n) is 14.3. The lowest BCUT2D eigenvalue weighted by atomic mass is 9.78. The molecule has 1 fully saturated rings. The van der Waals surface area contributed by atoms with Crippen molar-refractivity contribution in [3.8, 4) is 0 Å². The van der Waals surface area contributed by atoms with Gasteiger partial charge in [0.15, 0.2) is 0 Å². The molecule has 4 rings (SSSR count). The fraction of sp³-hybridized carbons (Fsp3) is 0.143. The van der Waals surface area contributed by atoms with Crippen LogP contribution >= 0.6 is 0 Å². The van der Waals surface area contributed by atoms with Crippen molar-refractivity contribution in [2.45, 2.75) is 18.5 Å².